The molecule has 1 unspecified atom stereocenters. The largest absolute Gasteiger partial charge is 0.312 e. The van der Waals surface area contributed by atoms with Gasteiger partial charge in [0.15, 0.2) is 9.84 Å². The Balaban J connectivity index is 2.07. The number of nitrogens with one attached hydrogen (secondary N) is 1. The molecule has 0 radical (unpaired) electrons. The van der Waals surface area contributed by atoms with Gasteiger partial charge >= 0.3 is 0 Å². The van der Waals surface area contributed by atoms with E-state index in [0.717, 1.165) is 11.6 Å². The molecule has 1 aliphatic heterocycles. The van der Waals surface area contributed by atoms with Crippen LogP contribution in [0.25, 0.3) is 0 Å². The van der Waals surface area contributed by atoms with Gasteiger partial charge in [0.05, 0.1) is 11.5 Å². The topological polar surface area (TPSA) is 76.9 Å². The molecule has 2 heterocycles. The molecule has 0 saturated carbocycles. The van der Waals surface area contributed by atoms with Crippen LogP contribution in [0.2, 0.25) is 0 Å². The van der Waals surface area contributed by atoms with Gasteiger partial charge in [0.2, 0.25) is 0 Å². The van der Waals surface area contributed by atoms with Crippen LogP contribution in [0, 0.1) is 6.92 Å². The summed E-state index contributed by atoms with van der Waals surface area (Å²) >= 11 is 0. The van der Waals surface area contributed by atoms with Crippen molar-refractivity contribution < 1.29 is 8.42 Å². The third-order valence-corrected chi connectivity index (χ3v) is 4.43. The first-order valence-electron chi connectivity index (χ1n) is 5.26. The molecular formula is C9H16N4O2S. The molecular weight excluding hydrogens is 228 g/mol. The van der Waals surface area contributed by atoms with E-state index in [1.807, 2.05) is 14.0 Å². The summed E-state index contributed by atoms with van der Waals surface area (Å²) in [5.74, 6) is 1.98. The summed E-state index contributed by atoms with van der Waals surface area (Å²) in [7, 11) is -1.05. The van der Waals surface area contributed by atoms with E-state index in [-0.39, 0.29) is 17.5 Å². The van der Waals surface area contributed by atoms with E-state index in [0.29, 0.717) is 13.0 Å². The van der Waals surface area contributed by atoms with Crippen LogP contribution in [-0.2, 0) is 23.3 Å². The first kappa shape index (κ1) is 11.5. The minimum Gasteiger partial charge on any atom is -0.312 e. The van der Waals surface area contributed by atoms with Gasteiger partial charge in [-0.3, -0.25) is 4.68 Å². The summed E-state index contributed by atoms with van der Waals surface area (Å²) in [6, 6.07) is -0.0407. The van der Waals surface area contributed by atoms with E-state index in [1.165, 1.54) is 0 Å². The lowest BCUT2D eigenvalue weighted by atomic mass is 10.2. The highest BCUT2D eigenvalue weighted by molar-refractivity contribution is 7.91. The Morgan fingerprint density at radius 3 is 2.88 bits per heavy atom. The first-order chi connectivity index (χ1) is 7.46. The fraction of sp³-hybridized carbons (Fsp3) is 0.778. The Kier molecular flexibility index (Phi) is 2.98. The van der Waals surface area contributed by atoms with E-state index in [9.17, 15) is 8.42 Å². The highest BCUT2D eigenvalue weighted by Gasteiger charge is 2.25. The predicted octanol–water partition coefficient (Wildman–Crippen LogP) is -0.947. The summed E-state index contributed by atoms with van der Waals surface area (Å²) in [5.41, 5.74) is 0. The molecule has 1 N–H and O–H groups in total. The van der Waals surface area contributed by atoms with E-state index < -0.39 is 9.84 Å². The Morgan fingerprint density at radius 1 is 1.56 bits per heavy atom. The van der Waals surface area contributed by atoms with Gasteiger partial charge in [-0.1, -0.05) is 0 Å². The maximum atomic E-state index is 11.5. The van der Waals surface area contributed by atoms with Crippen molar-refractivity contribution in [3.63, 3.8) is 0 Å². The van der Waals surface area contributed by atoms with Crippen LogP contribution in [-0.4, -0.2) is 47.3 Å². The van der Waals surface area contributed by atoms with Gasteiger partial charge < -0.3 is 5.32 Å². The first-order valence-corrected chi connectivity index (χ1v) is 7.09. The molecule has 0 amide bonds. The molecule has 6 nitrogen and oxygen atoms in total. The molecule has 7 heteroatoms. The second-order valence-electron chi connectivity index (χ2n) is 4.17. The molecule has 1 aliphatic rings. The van der Waals surface area contributed by atoms with Crippen LogP contribution in [0.4, 0.5) is 0 Å². The number of nitrogens with zero attached hydrogens (tertiary/aromatic N) is 3. The summed E-state index contributed by atoms with van der Waals surface area (Å²) < 4.78 is 24.6. The zero-order valence-electron chi connectivity index (χ0n) is 9.47. The van der Waals surface area contributed by atoms with Gasteiger partial charge in [-0.2, -0.15) is 5.10 Å². The van der Waals surface area contributed by atoms with E-state index >= 15 is 0 Å². The summed E-state index contributed by atoms with van der Waals surface area (Å²) in [6.07, 6.45) is 0.608. The highest BCUT2D eigenvalue weighted by atomic mass is 32.2. The average molecular weight is 244 g/mol. The molecule has 0 bridgehead atoms. The SMILES string of the molecule is Cc1nc(CC2CS(=O)(=O)CCN2)n(C)n1. The Bertz CT molecular complexity index is 480. The molecule has 16 heavy (non-hydrogen) atoms. The monoisotopic (exact) mass is 244 g/mol. The Morgan fingerprint density at radius 2 is 2.31 bits per heavy atom. The lowest BCUT2D eigenvalue weighted by molar-refractivity contribution is 0.500. The molecule has 1 atom stereocenters. The van der Waals surface area contributed by atoms with E-state index in [4.69, 9.17) is 0 Å². The molecule has 0 aliphatic carbocycles. The van der Waals surface area contributed by atoms with Crippen LogP contribution >= 0.6 is 0 Å². The third-order valence-electron chi connectivity index (χ3n) is 2.69. The molecule has 2 rings (SSSR count). The maximum absolute atomic E-state index is 11.5. The quantitative estimate of drug-likeness (QED) is 0.726. The summed E-state index contributed by atoms with van der Waals surface area (Å²) in [5, 5.41) is 7.34. The molecule has 1 aromatic rings. The number of aromatic nitrogens is 3. The number of aryl methyl sites for hydroxylation is 2. The van der Waals surface area contributed by atoms with Crippen molar-refractivity contribution in [3.05, 3.63) is 11.6 Å². The van der Waals surface area contributed by atoms with Gasteiger partial charge in [-0.25, -0.2) is 13.4 Å². The minimum atomic E-state index is -2.88. The lowest BCUT2D eigenvalue weighted by Gasteiger charge is -2.22. The van der Waals surface area contributed by atoms with Gasteiger partial charge in [0.25, 0.3) is 0 Å². The molecule has 1 fully saturated rings. The zero-order chi connectivity index (χ0) is 11.8. The van der Waals surface area contributed by atoms with Gasteiger partial charge in [0.1, 0.15) is 11.6 Å². The number of rotatable bonds is 2. The van der Waals surface area contributed by atoms with Crippen LogP contribution < -0.4 is 5.32 Å². The van der Waals surface area contributed by atoms with Crippen LogP contribution in [0.5, 0.6) is 0 Å². The average Bonchev–Trinajstić information content (AvgIpc) is 2.43. The van der Waals surface area contributed by atoms with Gasteiger partial charge in [-0.05, 0) is 6.92 Å². The Labute approximate surface area is 95.0 Å². The second kappa shape index (κ2) is 4.14. The Hall–Kier alpha value is -0.950. The normalized spacial score (nSPS) is 24.5. The molecule has 0 spiro atoms. The van der Waals surface area contributed by atoms with Crippen LogP contribution in [0.15, 0.2) is 0 Å². The molecule has 1 saturated heterocycles. The van der Waals surface area contributed by atoms with E-state index in [2.05, 4.69) is 15.4 Å². The van der Waals surface area contributed by atoms with Gasteiger partial charge in [-0.15, -0.1) is 0 Å². The smallest absolute Gasteiger partial charge is 0.153 e. The zero-order valence-corrected chi connectivity index (χ0v) is 10.3. The van der Waals surface area contributed by atoms with Crippen molar-refractivity contribution in [2.75, 3.05) is 18.1 Å². The van der Waals surface area contributed by atoms with Crippen LogP contribution in [0.3, 0.4) is 0 Å². The number of hydrogen-bond acceptors (Lipinski definition) is 5. The van der Waals surface area contributed by atoms with Crippen molar-refractivity contribution in [2.24, 2.45) is 7.05 Å². The minimum absolute atomic E-state index is 0.0407. The van der Waals surface area contributed by atoms with Crippen molar-refractivity contribution in [1.82, 2.24) is 20.1 Å². The molecule has 90 valence electrons. The number of sulfone groups is 1. The summed E-state index contributed by atoms with van der Waals surface area (Å²) in [4.78, 5) is 4.27. The number of hydrogen-bond donors (Lipinski definition) is 1. The standard InChI is InChI=1S/C9H16N4O2S/c1-7-11-9(13(2)12-7)5-8-6-16(14,15)4-3-10-8/h8,10H,3-6H2,1-2H3. The predicted molar refractivity (Wildman–Crippen MR) is 59.9 cm³/mol. The van der Waals surface area contributed by atoms with Crippen LogP contribution in [0.1, 0.15) is 11.6 Å². The molecule has 1 aromatic heterocycles. The highest BCUT2D eigenvalue weighted by Crippen LogP contribution is 2.07. The maximum Gasteiger partial charge on any atom is 0.153 e. The fourth-order valence-corrected chi connectivity index (χ4v) is 3.40. The third kappa shape index (κ3) is 2.59. The fourth-order valence-electron chi connectivity index (χ4n) is 1.95. The second-order valence-corrected chi connectivity index (χ2v) is 6.40. The van der Waals surface area contributed by atoms with Crippen molar-refractivity contribution in [1.29, 1.82) is 0 Å². The van der Waals surface area contributed by atoms with Crippen molar-refractivity contribution >= 4 is 9.84 Å². The van der Waals surface area contributed by atoms with Crippen molar-refractivity contribution in [2.45, 2.75) is 19.4 Å². The van der Waals surface area contributed by atoms with E-state index in [1.54, 1.807) is 4.68 Å². The molecule has 0 aromatic carbocycles. The van der Waals surface area contributed by atoms with Crippen molar-refractivity contribution in [3.8, 4) is 0 Å². The summed E-state index contributed by atoms with van der Waals surface area (Å²) in [6.45, 7) is 2.36. The van der Waals surface area contributed by atoms with Gasteiger partial charge in [0, 0.05) is 26.1 Å². The lowest BCUT2D eigenvalue weighted by Crippen LogP contribution is -2.46.